The van der Waals surface area contributed by atoms with Crippen LogP contribution in [-0.2, 0) is 3.02 Å². The number of para-hydroxylation sites is 2. The SMILES string of the molecule is I.[O]=[Sb]([O]c1ccccc1)[O]c1ccccc1. The van der Waals surface area contributed by atoms with Gasteiger partial charge in [-0.05, 0) is 0 Å². The Bertz CT molecular complexity index is 418. The molecule has 3 nitrogen and oxygen atoms in total. The summed E-state index contributed by atoms with van der Waals surface area (Å²) in [6, 6.07) is 18.1. The Kier molecular flexibility index (Phi) is 6.51. The topological polar surface area (TPSA) is 35.5 Å². The van der Waals surface area contributed by atoms with E-state index in [0.29, 0.717) is 11.5 Å². The van der Waals surface area contributed by atoms with E-state index < -0.39 is 21.0 Å². The molecule has 0 unspecified atom stereocenters. The Balaban J connectivity index is 0.00000144. The summed E-state index contributed by atoms with van der Waals surface area (Å²) in [5.74, 6) is 1.16. The molecular formula is C12H11IO3Sb. The monoisotopic (exact) mass is 451 g/mol. The van der Waals surface area contributed by atoms with Crippen molar-refractivity contribution >= 4 is 45.0 Å². The van der Waals surface area contributed by atoms with E-state index in [1.54, 1.807) is 24.3 Å². The average molecular weight is 452 g/mol. The Labute approximate surface area is 125 Å². The minimum absolute atomic E-state index is 0. The molecule has 89 valence electrons. The number of hydrogen-bond donors (Lipinski definition) is 0. The summed E-state index contributed by atoms with van der Waals surface area (Å²) in [6.45, 7) is 0. The molecule has 17 heavy (non-hydrogen) atoms. The molecule has 0 amide bonds. The van der Waals surface area contributed by atoms with Crippen molar-refractivity contribution < 1.29 is 9.05 Å². The first kappa shape index (κ1) is 14.4. The third-order valence-electron chi connectivity index (χ3n) is 1.85. The molecule has 0 aromatic heterocycles. The molecule has 0 bridgehead atoms. The molecule has 0 aliphatic rings. The van der Waals surface area contributed by atoms with Crippen LogP contribution in [0, 0.1) is 0 Å². The third kappa shape index (κ3) is 5.04. The van der Waals surface area contributed by atoms with Crippen molar-refractivity contribution in [2.75, 3.05) is 0 Å². The summed E-state index contributed by atoms with van der Waals surface area (Å²) in [7, 11) is 0. The summed E-state index contributed by atoms with van der Waals surface area (Å²) in [4.78, 5) is 0. The van der Waals surface area contributed by atoms with E-state index in [-0.39, 0.29) is 24.0 Å². The van der Waals surface area contributed by atoms with Crippen molar-refractivity contribution in [1.29, 1.82) is 0 Å². The summed E-state index contributed by atoms with van der Waals surface area (Å²) < 4.78 is 22.1. The maximum absolute atomic E-state index is 11.6. The summed E-state index contributed by atoms with van der Waals surface area (Å²) in [6.07, 6.45) is 0. The number of halogens is 1. The van der Waals surface area contributed by atoms with Gasteiger partial charge in [0.1, 0.15) is 0 Å². The summed E-state index contributed by atoms with van der Waals surface area (Å²) >= 11 is -3.34. The number of hydrogen-bond acceptors (Lipinski definition) is 3. The van der Waals surface area contributed by atoms with Crippen LogP contribution in [0.15, 0.2) is 60.7 Å². The van der Waals surface area contributed by atoms with Crippen LogP contribution in [0.25, 0.3) is 0 Å². The zero-order valence-electron chi connectivity index (χ0n) is 8.85. The molecule has 0 aliphatic heterocycles. The molecule has 0 saturated heterocycles. The van der Waals surface area contributed by atoms with Crippen LogP contribution in [0.4, 0.5) is 0 Å². The van der Waals surface area contributed by atoms with Gasteiger partial charge in [0.25, 0.3) is 0 Å². The fourth-order valence-electron chi connectivity index (χ4n) is 1.15. The normalized spacial score (nSPS) is 8.94. The molecule has 1 radical (unpaired) electrons. The van der Waals surface area contributed by atoms with Gasteiger partial charge in [-0.2, -0.15) is 0 Å². The van der Waals surface area contributed by atoms with E-state index in [0.717, 1.165) is 0 Å². The fourth-order valence-corrected chi connectivity index (χ4v) is 2.94. The predicted molar refractivity (Wildman–Crippen MR) is 76.0 cm³/mol. The van der Waals surface area contributed by atoms with Gasteiger partial charge in [-0.25, -0.2) is 0 Å². The zero-order valence-corrected chi connectivity index (χ0v) is 13.7. The molecule has 2 aromatic rings. The Hall–Kier alpha value is -0.612. The fraction of sp³-hybridized carbons (Fsp3) is 0. The second kappa shape index (κ2) is 7.66. The van der Waals surface area contributed by atoms with Crippen LogP contribution in [0.2, 0.25) is 0 Å². The van der Waals surface area contributed by atoms with Crippen LogP contribution in [-0.4, -0.2) is 21.0 Å². The molecule has 0 N–H and O–H groups in total. The van der Waals surface area contributed by atoms with Crippen LogP contribution >= 0.6 is 24.0 Å². The molecule has 0 heterocycles. The Morgan fingerprint density at radius 2 is 1.06 bits per heavy atom. The van der Waals surface area contributed by atoms with Crippen LogP contribution in [0.5, 0.6) is 11.5 Å². The van der Waals surface area contributed by atoms with Gasteiger partial charge in [-0.15, -0.1) is 24.0 Å². The van der Waals surface area contributed by atoms with Crippen LogP contribution in [0.1, 0.15) is 0 Å². The Morgan fingerprint density at radius 3 is 1.41 bits per heavy atom. The quantitative estimate of drug-likeness (QED) is 0.529. The van der Waals surface area contributed by atoms with E-state index in [1.165, 1.54) is 0 Å². The minimum atomic E-state index is -3.34. The van der Waals surface area contributed by atoms with Gasteiger partial charge in [-0.1, -0.05) is 0 Å². The van der Waals surface area contributed by atoms with Crippen molar-refractivity contribution in [2.24, 2.45) is 0 Å². The van der Waals surface area contributed by atoms with Crippen molar-refractivity contribution in [3.8, 4) is 11.5 Å². The van der Waals surface area contributed by atoms with E-state index in [4.69, 9.17) is 6.03 Å². The summed E-state index contributed by atoms with van der Waals surface area (Å²) in [5, 5.41) is 0. The van der Waals surface area contributed by atoms with E-state index in [9.17, 15) is 3.02 Å². The average Bonchev–Trinajstić information content (AvgIpc) is 2.31. The van der Waals surface area contributed by atoms with Crippen molar-refractivity contribution in [3.63, 3.8) is 0 Å². The Morgan fingerprint density at radius 1 is 0.706 bits per heavy atom. The van der Waals surface area contributed by atoms with Gasteiger partial charge in [0.05, 0.1) is 0 Å². The molecular weight excluding hydrogens is 441 g/mol. The van der Waals surface area contributed by atoms with E-state index in [2.05, 4.69) is 0 Å². The van der Waals surface area contributed by atoms with Crippen molar-refractivity contribution in [1.82, 2.24) is 0 Å². The van der Waals surface area contributed by atoms with Crippen LogP contribution < -0.4 is 6.03 Å². The second-order valence-electron chi connectivity index (χ2n) is 3.03. The standard InChI is InChI=1S/2C6H6O.HI.O.Sb/c2*7-6-4-2-1-3-5-6;;;/h2*1-5,7H;1H;;/q;;;;+2/p-2. The molecule has 0 fully saturated rings. The predicted octanol–water partition coefficient (Wildman–Crippen LogP) is 3.18. The van der Waals surface area contributed by atoms with Gasteiger partial charge in [0, 0.05) is 0 Å². The van der Waals surface area contributed by atoms with Gasteiger partial charge in [0.2, 0.25) is 0 Å². The molecule has 0 saturated carbocycles. The first-order valence-electron chi connectivity index (χ1n) is 4.78. The van der Waals surface area contributed by atoms with Gasteiger partial charge >= 0.3 is 102 Å². The summed E-state index contributed by atoms with van der Waals surface area (Å²) in [5.41, 5.74) is 0. The third-order valence-corrected chi connectivity index (χ3v) is 3.90. The van der Waals surface area contributed by atoms with Gasteiger partial charge in [-0.3, -0.25) is 0 Å². The van der Waals surface area contributed by atoms with E-state index >= 15 is 0 Å². The maximum atomic E-state index is 11.6. The first-order chi connectivity index (χ1) is 7.84. The molecule has 0 atom stereocenters. The van der Waals surface area contributed by atoms with Gasteiger partial charge in [0.15, 0.2) is 0 Å². The molecule has 2 rings (SSSR count). The number of rotatable bonds is 4. The van der Waals surface area contributed by atoms with Crippen LogP contribution in [0.3, 0.4) is 0 Å². The molecule has 0 aliphatic carbocycles. The number of benzene rings is 2. The van der Waals surface area contributed by atoms with Crippen molar-refractivity contribution in [3.05, 3.63) is 60.7 Å². The zero-order chi connectivity index (χ0) is 11.2. The molecule has 2 aromatic carbocycles. The van der Waals surface area contributed by atoms with Gasteiger partial charge < -0.3 is 0 Å². The molecule has 5 heteroatoms. The van der Waals surface area contributed by atoms with Crippen molar-refractivity contribution in [2.45, 2.75) is 0 Å². The second-order valence-corrected chi connectivity index (χ2v) is 5.35. The molecule has 0 spiro atoms. The first-order valence-corrected chi connectivity index (χ1v) is 7.90. The van der Waals surface area contributed by atoms with E-state index in [1.807, 2.05) is 36.4 Å².